The molecule has 2 aromatic carbocycles. The molecule has 0 fully saturated rings. The zero-order valence-corrected chi connectivity index (χ0v) is 19.9. The minimum absolute atomic E-state index is 0.0483. The Labute approximate surface area is 193 Å². The number of carbonyl (C=O) groups is 2. The molecule has 0 aliphatic rings. The van der Waals surface area contributed by atoms with Crippen LogP contribution in [0.3, 0.4) is 0 Å². The molecule has 0 aliphatic heterocycles. The van der Waals surface area contributed by atoms with Crippen molar-refractivity contribution in [3.05, 3.63) is 64.1 Å². The summed E-state index contributed by atoms with van der Waals surface area (Å²) in [6.07, 6.45) is 1.35. The summed E-state index contributed by atoms with van der Waals surface area (Å²) in [5.41, 5.74) is 0.831. The summed E-state index contributed by atoms with van der Waals surface area (Å²) in [7, 11) is 0. The monoisotopic (exact) mass is 466 g/mol. The van der Waals surface area contributed by atoms with Crippen LogP contribution in [0.1, 0.15) is 39.2 Å². The zero-order chi connectivity index (χ0) is 22.1. The third kappa shape index (κ3) is 7.22. The van der Waals surface area contributed by atoms with Gasteiger partial charge in [0.25, 0.3) is 0 Å². The highest BCUT2D eigenvalue weighted by atomic mass is 35.5. The van der Waals surface area contributed by atoms with Crippen LogP contribution < -0.4 is 5.32 Å². The van der Waals surface area contributed by atoms with Crippen molar-refractivity contribution in [3.63, 3.8) is 0 Å². The minimum Gasteiger partial charge on any atom is -0.352 e. The Hall–Kier alpha value is -1.69. The lowest BCUT2D eigenvalue weighted by molar-refractivity contribution is -0.139. The molecule has 30 heavy (non-hydrogen) atoms. The van der Waals surface area contributed by atoms with Crippen molar-refractivity contribution in [1.29, 1.82) is 0 Å². The average molecular weight is 467 g/mol. The maximum atomic E-state index is 13.2. The van der Waals surface area contributed by atoms with Gasteiger partial charge in [0.1, 0.15) is 6.04 Å². The van der Waals surface area contributed by atoms with Crippen LogP contribution in [0.4, 0.5) is 0 Å². The molecule has 0 heterocycles. The summed E-state index contributed by atoms with van der Waals surface area (Å²) in [6.45, 7) is 6.18. The van der Waals surface area contributed by atoms with Crippen LogP contribution in [-0.4, -0.2) is 34.6 Å². The van der Waals surface area contributed by atoms with Gasteiger partial charge in [0.2, 0.25) is 11.8 Å². The first-order valence-electron chi connectivity index (χ1n) is 10.1. The van der Waals surface area contributed by atoms with E-state index in [9.17, 15) is 9.59 Å². The Bertz CT molecular complexity index is 848. The van der Waals surface area contributed by atoms with Crippen molar-refractivity contribution in [2.24, 2.45) is 0 Å². The first-order chi connectivity index (χ1) is 14.3. The van der Waals surface area contributed by atoms with Crippen molar-refractivity contribution in [3.8, 4) is 0 Å². The van der Waals surface area contributed by atoms with Crippen molar-refractivity contribution in [2.75, 3.05) is 5.75 Å². The predicted molar refractivity (Wildman–Crippen MR) is 126 cm³/mol. The molecule has 0 saturated heterocycles. The summed E-state index contributed by atoms with van der Waals surface area (Å²) >= 11 is 13.7. The van der Waals surface area contributed by atoms with Crippen molar-refractivity contribution in [2.45, 2.75) is 57.1 Å². The summed E-state index contributed by atoms with van der Waals surface area (Å²) in [5, 5.41) is 3.90. The van der Waals surface area contributed by atoms with Gasteiger partial charge < -0.3 is 10.2 Å². The van der Waals surface area contributed by atoms with E-state index >= 15 is 0 Å². The van der Waals surface area contributed by atoms with Crippen LogP contribution in [0.2, 0.25) is 10.0 Å². The predicted octanol–water partition coefficient (Wildman–Crippen LogP) is 5.81. The van der Waals surface area contributed by atoms with E-state index in [1.165, 1.54) is 11.8 Å². The Balaban J connectivity index is 2.23. The highest BCUT2D eigenvalue weighted by Gasteiger charge is 2.29. The molecule has 0 aliphatic carbocycles. The van der Waals surface area contributed by atoms with Gasteiger partial charge in [-0.05, 0) is 49.6 Å². The van der Waals surface area contributed by atoms with Gasteiger partial charge in [0, 0.05) is 17.5 Å². The van der Waals surface area contributed by atoms with Gasteiger partial charge in [-0.25, -0.2) is 0 Å². The molecule has 0 radical (unpaired) electrons. The van der Waals surface area contributed by atoms with Crippen molar-refractivity contribution < 1.29 is 9.59 Å². The molecule has 7 heteroatoms. The molecule has 2 amide bonds. The molecule has 0 spiro atoms. The number of nitrogens with zero attached hydrogens (tertiary/aromatic N) is 1. The van der Waals surface area contributed by atoms with Crippen LogP contribution in [0.5, 0.6) is 0 Å². The highest BCUT2D eigenvalue weighted by Crippen LogP contribution is 2.25. The second-order valence-electron chi connectivity index (χ2n) is 7.11. The number of carbonyl (C=O) groups excluding carboxylic acids is 2. The van der Waals surface area contributed by atoms with Gasteiger partial charge in [0.05, 0.1) is 15.8 Å². The fraction of sp³-hybridized carbons (Fsp3) is 0.391. The largest absolute Gasteiger partial charge is 0.352 e. The number of amides is 2. The Kier molecular flexibility index (Phi) is 10.0. The number of benzene rings is 2. The summed E-state index contributed by atoms with van der Waals surface area (Å²) in [5.74, 6) is 0.0179. The van der Waals surface area contributed by atoms with Gasteiger partial charge in [0.15, 0.2) is 0 Å². The quantitative estimate of drug-likeness (QED) is 0.449. The first kappa shape index (κ1) is 24.6. The summed E-state index contributed by atoms with van der Waals surface area (Å²) in [6, 6.07) is 14.5. The fourth-order valence-corrected chi connectivity index (χ4v) is 4.07. The molecule has 2 aromatic rings. The normalized spacial score (nSPS) is 12.8. The highest BCUT2D eigenvalue weighted by molar-refractivity contribution is 8.00. The summed E-state index contributed by atoms with van der Waals surface area (Å²) < 4.78 is 0. The van der Waals surface area contributed by atoms with Crippen LogP contribution in [0, 0.1) is 0 Å². The van der Waals surface area contributed by atoms with E-state index < -0.39 is 6.04 Å². The standard InChI is InChI=1S/C23H28Cl2N2O2S/c1-4-16(3)26-23(29)21(5-2)27(14-17-11-12-19(24)20(25)13-17)22(28)15-30-18-9-7-6-8-10-18/h6-13,16,21H,4-5,14-15H2,1-3H3,(H,26,29)/t16-,21-/m0/s1. The second-order valence-corrected chi connectivity index (χ2v) is 8.98. The van der Waals surface area contributed by atoms with E-state index in [1.54, 1.807) is 17.0 Å². The van der Waals surface area contributed by atoms with E-state index in [1.807, 2.05) is 57.2 Å². The lowest BCUT2D eigenvalue weighted by Gasteiger charge is -2.31. The Morgan fingerprint density at radius 1 is 1.03 bits per heavy atom. The molecular weight excluding hydrogens is 439 g/mol. The molecule has 0 aromatic heterocycles. The van der Waals surface area contributed by atoms with E-state index in [0.29, 0.717) is 16.5 Å². The number of rotatable bonds is 10. The Morgan fingerprint density at radius 3 is 2.33 bits per heavy atom. The van der Waals surface area contributed by atoms with Crippen molar-refractivity contribution >= 4 is 46.8 Å². The fourth-order valence-electron chi connectivity index (χ4n) is 2.94. The SMILES string of the molecule is CC[C@H](C)NC(=O)[C@H](CC)N(Cc1ccc(Cl)c(Cl)c1)C(=O)CSc1ccccc1. The molecule has 1 N–H and O–H groups in total. The third-order valence-corrected chi connectivity index (χ3v) is 6.57. The molecule has 0 bridgehead atoms. The third-order valence-electron chi connectivity index (χ3n) is 4.83. The average Bonchev–Trinajstić information content (AvgIpc) is 2.75. The van der Waals surface area contributed by atoms with Crippen molar-refractivity contribution in [1.82, 2.24) is 10.2 Å². The molecule has 0 saturated carbocycles. The molecule has 2 atom stereocenters. The van der Waals surface area contributed by atoms with E-state index in [0.717, 1.165) is 16.9 Å². The first-order valence-corrected chi connectivity index (χ1v) is 11.8. The van der Waals surface area contributed by atoms with Gasteiger partial charge in [-0.15, -0.1) is 11.8 Å². The second kappa shape index (κ2) is 12.2. The van der Waals surface area contributed by atoms with Gasteiger partial charge in [-0.1, -0.05) is 61.3 Å². The van der Waals surface area contributed by atoms with E-state index in [4.69, 9.17) is 23.2 Å². The number of hydrogen-bond acceptors (Lipinski definition) is 3. The van der Waals surface area contributed by atoms with Crippen LogP contribution in [0.25, 0.3) is 0 Å². The Morgan fingerprint density at radius 2 is 1.73 bits per heavy atom. The smallest absolute Gasteiger partial charge is 0.243 e. The molecule has 2 rings (SSSR count). The maximum absolute atomic E-state index is 13.2. The van der Waals surface area contributed by atoms with Gasteiger partial charge in [-0.2, -0.15) is 0 Å². The van der Waals surface area contributed by atoms with E-state index in [-0.39, 0.29) is 30.2 Å². The van der Waals surface area contributed by atoms with Crippen LogP contribution >= 0.6 is 35.0 Å². The lowest BCUT2D eigenvalue weighted by Crippen LogP contribution is -2.51. The van der Waals surface area contributed by atoms with Crippen LogP contribution in [-0.2, 0) is 16.1 Å². The number of hydrogen-bond donors (Lipinski definition) is 1. The topological polar surface area (TPSA) is 49.4 Å². The van der Waals surface area contributed by atoms with E-state index in [2.05, 4.69) is 5.32 Å². The lowest BCUT2D eigenvalue weighted by atomic mass is 10.1. The minimum atomic E-state index is -0.558. The molecule has 4 nitrogen and oxygen atoms in total. The molecule has 0 unspecified atom stereocenters. The maximum Gasteiger partial charge on any atom is 0.243 e. The molecule has 162 valence electrons. The van der Waals surface area contributed by atoms with Gasteiger partial charge in [-0.3, -0.25) is 9.59 Å². The number of nitrogens with one attached hydrogen (secondary N) is 1. The zero-order valence-electron chi connectivity index (χ0n) is 17.5. The summed E-state index contributed by atoms with van der Waals surface area (Å²) in [4.78, 5) is 28.8. The molecular formula is C23H28Cl2N2O2S. The number of halogens is 2. The number of thioether (sulfide) groups is 1. The van der Waals surface area contributed by atoms with Gasteiger partial charge >= 0.3 is 0 Å². The van der Waals surface area contributed by atoms with Crippen LogP contribution in [0.15, 0.2) is 53.4 Å².